The van der Waals surface area contributed by atoms with Crippen molar-refractivity contribution in [2.24, 2.45) is 0 Å². The molecule has 0 saturated heterocycles. The number of aliphatic hydroxyl groups excluding tert-OH is 1. The fraction of sp³-hybridized carbons (Fsp3) is 0.0667. The Balaban J connectivity index is 0.000000356. The topological polar surface area (TPSA) is 63.3 Å². The van der Waals surface area contributed by atoms with Crippen molar-refractivity contribution in [1.82, 2.24) is 4.98 Å². The summed E-state index contributed by atoms with van der Waals surface area (Å²) in [5.74, 6) is -0.294. The molecule has 0 bridgehead atoms. The Morgan fingerprint density at radius 3 is 2.49 bits per heavy atom. The molecule has 0 aliphatic carbocycles. The number of thiophene rings is 1. The van der Waals surface area contributed by atoms with Gasteiger partial charge in [-0.3, -0.25) is 9.78 Å². The number of ketones is 1. The van der Waals surface area contributed by atoms with Gasteiger partial charge < -0.3 is 9.52 Å². The largest absolute Gasteiger partial charge is 0.512 e. The van der Waals surface area contributed by atoms with Crippen molar-refractivity contribution in [3.63, 3.8) is 0 Å². The molecular weight excluding hydrogens is 666 g/mol. The van der Waals surface area contributed by atoms with E-state index in [0.29, 0.717) is 0 Å². The first-order chi connectivity index (χ1) is 17.4. The molecule has 187 valence electrons. The maximum Gasteiger partial charge on any atom is 0.155 e. The molecule has 4 nitrogen and oxygen atoms in total. The second-order valence-electron chi connectivity index (χ2n) is 8.29. The zero-order valence-electron chi connectivity index (χ0n) is 19.9. The summed E-state index contributed by atoms with van der Waals surface area (Å²) in [7, 11) is 0. The van der Waals surface area contributed by atoms with Crippen LogP contribution in [0.25, 0.3) is 53.9 Å². The molecule has 0 aliphatic heterocycles. The van der Waals surface area contributed by atoms with Crippen molar-refractivity contribution < 1.29 is 38.8 Å². The molecule has 0 amide bonds. The Bertz CT molecular complexity index is 1750. The first kappa shape index (κ1) is 26.4. The van der Waals surface area contributed by atoms with E-state index >= 15 is 0 Å². The molecule has 0 spiro atoms. The van der Waals surface area contributed by atoms with Gasteiger partial charge in [-0.2, -0.15) is 0 Å². The second-order valence-corrected chi connectivity index (χ2v) is 9.37. The standard InChI is InChI=1S/C25H13FNOS.C5H8O2.Ir/c26-16-10-8-15(9-11-16)24-14-21-23(29-24)13-12-20(27-21)19-6-3-5-18-17-4-1-2-7-22(17)28-25(18)19;1-4(6)3-5(2)7;/h1-5,7-14H;3,6H,1-2H3;/q-1;;/b;4-3-;. The Morgan fingerprint density at radius 1 is 1.03 bits per heavy atom. The van der Waals surface area contributed by atoms with Crippen LogP contribution in [0.15, 0.2) is 95.1 Å². The molecule has 0 aliphatic rings. The van der Waals surface area contributed by atoms with Crippen molar-refractivity contribution in [3.8, 4) is 21.7 Å². The summed E-state index contributed by atoms with van der Waals surface area (Å²) in [6, 6.07) is 28.0. The number of nitrogens with zero attached hydrogens (tertiary/aromatic N) is 1. The summed E-state index contributed by atoms with van der Waals surface area (Å²) in [6.07, 6.45) is 1.17. The third kappa shape index (κ3) is 5.70. The van der Waals surface area contributed by atoms with Crippen LogP contribution in [0.1, 0.15) is 13.8 Å². The van der Waals surface area contributed by atoms with Gasteiger partial charge in [0, 0.05) is 36.4 Å². The first-order valence-electron chi connectivity index (χ1n) is 11.3. The monoisotopic (exact) mass is 687 g/mol. The van der Waals surface area contributed by atoms with Crippen LogP contribution in [0.3, 0.4) is 0 Å². The van der Waals surface area contributed by atoms with Crippen LogP contribution in [0.2, 0.25) is 0 Å². The molecule has 6 rings (SSSR count). The summed E-state index contributed by atoms with van der Waals surface area (Å²) in [6.45, 7) is 2.85. The van der Waals surface area contributed by atoms with Gasteiger partial charge >= 0.3 is 0 Å². The number of furan rings is 1. The minimum absolute atomic E-state index is 0. The molecule has 0 atom stereocenters. The van der Waals surface area contributed by atoms with Crippen molar-refractivity contribution in [2.45, 2.75) is 13.8 Å². The van der Waals surface area contributed by atoms with Gasteiger partial charge in [-0.25, -0.2) is 4.39 Å². The number of hydrogen-bond donors (Lipinski definition) is 1. The number of carbonyl (C=O) groups excluding carboxylic acids is 1. The minimum atomic E-state index is -0.232. The van der Waals surface area contributed by atoms with Crippen molar-refractivity contribution in [3.05, 3.63) is 103 Å². The number of aliphatic hydroxyl groups is 1. The second kappa shape index (κ2) is 11.2. The third-order valence-corrected chi connectivity index (χ3v) is 6.65. The van der Waals surface area contributed by atoms with E-state index in [1.54, 1.807) is 23.5 Å². The van der Waals surface area contributed by atoms with Gasteiger partial charge in [-0.05, 0) is 55.4 Å². The van der Waals surface area contributed by atoms with Gasteiger partial charge in [-0.15, -0.1) is 29.5 Å². The predicted octanol–water partition coefficient (Wildman–Crippen LogP) is 8.50. The molecule has 3 aromatic heterocycles. The van der Waals surface area contributed by atoms with E-state index < -0.39 is 0 Å². The third-order valence-electron chi connectivity index (χ3n) is 5.51. The van der Waals surface area contributed by atoms with Gasteiger partial charge in [0.15, 0.2) is 5.78 Å². The smallest absolute Gasteiger partial charge is 0.155 e. The van der Waals surface area contributed by atoms with E-state index in [2.05, 4.69) is 24.3 Å². The van der Waals surface area contributed by atoms with Gasteiger partial charge in [0.1, 0.15) is 11.4 Å². The fourth-order valence-electron chi connectivity index (χ4n) is 3.99. The summed E-state index contributed by atoms with van der Waals surface area (Å²) >= 11 is 1.65. The Labute approximate surface area is 230 Å². The van der Waals surface area contributed by atoms with Gasteiger partial charge in [-0.1, -0.05) is 47.3 Å². The SMILES string of the molecule is CC(=O)/C=C(/C)O.Fc1ccc(-c2cc3nc(-c4[c-]ccc5c4oc4ccccc45)ccc3s2)cc1.[Ir]. The van der Waals surface area contributed by atoms with Crippen LogP contribution in [0.4, 0.5) is 4.39 Å². The number of benzene rings is 3. The maximum atomic E-state index is 13.2. The molecule has 0 fully saturated rings. The van der Waals surface area contributed by atoms with E-state index in [9.17, 15) is 9.18 Å². The van der Waals surface area contributed by atoms with Crippen LogP contribution >= 0.6 is 11.3 Å². The maximum absolute atomic E-state index is 13.2. The van der Waals surface area contributed by atoms with E-state index in [0.717, 1.165) is 53.9 Å². The molecule has 3 aromatic carbocycles. The van der Waals surface area contributed by atoms with Crippen LogP contribution in [0.5, 0.6) is 0 Å². The summed E-state index contributed by atoms with van der Waals surface area (Å²) in [5.41, 5.74) is 5.24. The molecule has 0 unspecified atom stereocenters. The average molecular weight is 687 g/mol. The number of rotatable bonds is 3. The molecule has 1 radical (unpaired) electrons. The zero-order chi connectivity index (χ0) is 25.2. The number of hydrogen-bond acceptors (Lipinski definition) is 5. The van der Waals surface area contributed by atoms with E-state index in [-0.39, 0.29) is 37.5 Å². The van der Waals surface area contributed by atoms with Gasteiger partial charge in [0.25, 0.3) is 0 Å². The number of fused-ring (bicyclic) bond motifs is 4. The average Bonchev–Trinajstić information content (AvgIpc) is 3.45. The zero-order valence-corrected chi connectivity index (χ0v) is 23.1. The molecule has 1 N–H and O–H groups in total. The first-order valence-corrected chi connectivity index (χ1v) is 12.1. The summed E-state index contributed by atoms with van der Waals surface area (Å²) in [5, 5.41) is 10.5. The van der Waals surface area contributed by atoms with Crippen molar-refractivity contribution in [1.29, 1.82) is 0 Å². The summed E-state index contributed by atoms with van der Waals surface area (Å²) < 4.78 is 20.5. The molecule has 37 heavy (non-hydrogen) atoms. The number of allylic oxidation sites excluding steroid dienone is 2. The summed E-state index contributed by atoms with van der Waals surface area (Å²) in [4.78, 5) is 16.0. The Morgan fingerprint density at radius 2 is 1.78 bits per heavy atom. The normalized spacial score (nSPS) is 11.3. The molecule has 3 heterocycles. The molecule has 6 aromatic rings. The van der Waals surface area contributed by atoms with Crippen molar-refractivity contribution >= 4 is 49.3 Å². The predicted molar refractivity (Wildman–Crippen MR) is 144 cm³/mol. The minimum Gasteiger partial charge on any atom is -0.512 e. The van der Waals surface area contributed by atoms with E-state index in [4.69, 9.17) is 14.5 Å². The van der Waals surface area contributed by atoms with Crippen LogP contribution in [-0.2, 0) is 24.9 Å². The number of aromatic nitrogens is 1. The van der Waals surface area contributed by atoms with Crippen LogP contribution in [0, 0.1) is 11.9 Å². The molecule has 7 heteroatoms. The van der Waals surface area contributed by atoms with E-state index in [1.807, 2.05) is 36.4 Å². The number of pyridine rings is 1. The van der Waals surface area contributed by atoms with Crippen LogP contribution < -0.4 is 0 Å². The Kier molecular flexibility index (Phi) is 7.98. The van der Waals surface area contributed by atoms with E-state index in [1.165, 1.54) is 32.1 Å². The van der Waals surface area contributed by atoms with Crippen molar-refractivity contribution in [2.75, 3.05) is 0 Å². The fourth-order valence-corrected chi connectivity index (χ4v) is 5.00. The molecule has 0 saturated carbocycles. The number of halogens is 1. The van der Waals surface area contributed by atoms with Gasteiger partial charge in [0.05, 0.1) is 21.6 Å². The quantitative estimate of drug-likeness (QED) is 0.115. The Hall–Kier alpha value is -3.64. The van der Waals surface area contributed by atoms with Gasteiger partial charge in [0.2, 0.25) is 0 Å². The number of carbonyl (C=O) groups is 1. The number of para-hydroxylation sites is 1. The van der Waals surface area contributed by atoms with Crippen LogP contribution in [-0.4, -0.2) is 15.9 Å². The molecular formula is C30H21FIrNO3S-.